The van der Waals surface area contributed by atoms with E-state index in [2.05, 4.69) is 68.4 Å². The number of hydrogen-bond acceptors (Lipinski definition) is 6. The highest BCUT2D eigenvalue weighted by Crippen LogP contribution is 2.16. The van der Waals surface area contributed by atoms with Crippen molar-refractivity contribution in [3.63, 3.8) is 0 Å². The van der Waals surface area contributed by atoms with Crippen LogP contribution in [0.5, 0.6) is 5.88 Å². The number of pyridine rings is 2. The molecule has 0 aromatic carbocycles. The minimum absolute atomic E-state index is 0.0266. The Hall–Kier alpha value is -0.580. The average Bonchev–Trinajstić information content (AvgIpc) is 2.74. The van der Waals surface area contributed by atoms with Crippen LogP contribution in [0.25, 0.3) is 0 Å². The third-order valence-corrected chi connectivity index (χ3v) is 5.68. The van der Waals surface area contributed by atoms with E-state index in [1.165, 1.54) is 0 Å². The SMILES string of the molecule is Brc1ccc(Br)nc1.Brc1ccc(OC2CCNCC2)nc1.OC1CCNCC1. The summed E-state index contributed by atoms with van der Waals surface area (Å²) in [5, 5.41) is 15.3. The van der Waals surface area contributed by atoms with Gasteiger partial charge < -0.3 is 20.5 Å². The number of aromatic nitrogens is 2. The first kappa shape index (κ1) is 24.7. The number of aliphatic hydroxyl groups excluding tert-OH is 1. The minimum Gasteiger partial charge on any atom is -0.474 e. The maximum atomic E-state index is 8.87. The maximum absolute atomic E-state index is 8.87. The van der Waals surface area contributed by atoms with E-state index in [0.717, 1.165) is 71.3 Å². The number of piperidine rings is 2. The zero-order chi connectivity index (χ0) is 20.9. The van der Waals surface area contributed by atoms with Crippen LogP contribution in [0.2, 0.25) is 0 Å². The molecule has 0 atom stereocenters. The lowest BCUT2D eigenvalue weighted by atomic mass is 10.1. The molecule has 0 bridgehead atoms. The molecule has 4 rings (SSSR count). The normalized spacial score (nSPS) is 17.4. The summed E-state index contributed by atoms with van der Waals surface area (Å²) in [4.78, 5) is 8.13. The second-order valence-corrected chi connectivity index (χ2v) is 9.31. The quantitative estimate of drug-likeness (QED) is 0.450. The molecule has 0 aliphatic carbocycles. The lowest BCUT2D eigenvalue weighted by Crippen LogP contribution is -2.34. The van der Waals surface area contributed by atoms with Crippen molar-refractivity contribution in [1.82, 2.24) is 20.6 Å². The molecule has 0 unspecified atom stereocenters. The van der Waals surface area contributed by atoms with Gasteiger partial charge in [-0.1, -0.05) is 0 Å². The third kappa shape index (κ3) is 11.4. The second-order valence-electron chi connectivity index (χ2n) is 6.66. The van der Waals surface area contributed by atoms with Crippen molar-refractivity contribution in [2.75, 3.05) is 26.2 Å². The lowest BCUT2D eigenvalue weighted by Gasteiger charge is -2.23. The molecular weight excluding hydrogens is 568 g/mol. The van der Waals surface area contributed by atoms with Crippen LogP contribution in [0, 0.1) is 0 Å². The number of hydrogen-bond donors (Lipinski definition) is 3. The Bertz CT molecular complexity index is 656. The Morgan fingerprint density at radius 1 is 0.793 bits per heavy atom. The van der Waals surface area contributed by atoms with Crippen molar-refractivity contribution in [2.45, 2.75) is 37.9 Å². The Balaban J connectivity index is 0.000000170. The van der Waals surface area contributed by atoms with Crippen LogP contribution >= 0.6 is 47.8 Å². The predicted octanol–water partition coefficient (Wildman–Crippen LogP) is 4.31. The molecule has 29 heavy (non-hydrogen) atoms. The number of aliphatic hydroxyl groups is 1. The molecule has 160 valence electrons. The molecule has 2 saturated heterocycles. The summed E-state index contributed by atoms with van der Waals surface area (Å²) < 4.78 is 8.58. The molecule has 6 nitrogen and oxygen atoms in total. The molecule has 0 saturated carbocycles. The van der Waals surface area contributed by atoms with E-state index >= 15 is 0 Å². The van der Waals surface area contributed by atoms with Crippen LogP contribution in [-0.4, -0.2) is 53.5 Å². The van der Waals surface area contributed by atoms with Gasteiger partial charge in [0.2, 0.25) is 5.88 Å². The van der Waals surface area contributed by atoms with Crippen LogP contribution in [0.3, 0.4) is 0 Å². The number of rotatable bonds is 2. The summed E-state index contributed by atoms with van der Waals surface area (Å²) in [6, 6.07) is 7.65. The van der Waals surface area contributed by atoms with E-state index in [1.54, 1.807) is 12.4 Å². The molecule has 2 aromatic heterocycles. The van der Waals surface area contributed by atoms with Crippen molar-refractivity contribution in [3.8, 4) is 5.88 Å². The van der Waals surface area contributed by atoms with Crippen molar-refractivity contribution < 1.29 is 9.84 Å². The Morgan fingerprint density at radius 2 is 1.34 bits per heavy atom. The molecular formula is C20H27Br3N4O2. The molecule has 0 radical (unpaired) electrons. The van der Waals surface area contributed by atoms with E-state index in [1.807, 2.05) is 24.3 Å². The fourth-order valence-corrected chi connectivity index (χ4v) is 3.38. The van der Waals surface area contributed by atoms with Crippen molar-refractivity contribution in [1.29, 1.82) is 0 Å². The first-order chi connectivity index (χ1) is 14.0. The first-order valence-corrected chi connectivity index (χ1v) is 12.1. The molecule has 4 heterocycles. The molecule has 2 aromatic rings. The topological polar surface area (TPSA) is 79.3 Å². The largest absolute Gasteiger partial charge is 0.474 e. The Morgan fingerprint density at radius 3 is 1.76 bits per heavy atom. The van der Waals surface area contributed by atoms with E-state index in [-0.39, 0.29) is 6.10 Å². The minimum atomic E-state index is -0.0266. The molecule has 2 aliphatic heterocycles. The van der Waals surface area contributed by atoms with Gasteiger partial charge in [-0.3, -0.25) is 0 Å². The van der Waals surface area contributed by atoms with Crippen LogP contribution in [0.4, 0.5) is 0 Å². The van der Waals surface area contributed by atoms with Gasteiger partial charge in [-0.15, -0.1) is 0 Å². The highest BCUT2D eigenvalue weighted by Gasteiger charge is 2.14. The van der Waals surface area contributed by atoms with E-state index < -0.39 is 0 Å². The zero-order valence-electron chi connectivity index (χ0n) is 16.2. The molecule has 9 heteroatoms. The zero-order valence-corrected chi connectivity index (χ0v) is 20.9. The summed E-state index contributed by atoms with van der Waals surface area (Å²) in [7, 11) is 0. The summed E-state index contributed by atoms with van der Waals surface area (Å²) in [6.07, 6.45) is 7.79. The molecule has 2 fully saturated rings. The Labute approximate surface area is 197 Å². The van der Waals surface area contributed by atoms with Gasteiger partial charge in [0.15, 0.2) is 0 Å². The van der Waals surface area contributed by atoms with Gasteiger partial charge in [-0.05, 0) is 118 Å². The van der Waals surface area contributed by atoms with Crippen molar-refractivity contribution in [2.24, 2.45) is 0 Å². The first-order valence-electron chi connectivity index (χ1n) is 9.67. The summed E-state index contributed by atoms with van der Waals surface area (Å²) in [5.41, 5.74) is 0. The average molecular weight is 595 g/mol. The Kier molecular flexibility index (Phi) is 12.3. The molecule has 2 aliphatic rings. The smallest absolute Gasteiger partial charge is 0.213 e. The van der Waals surface area contributed by atoms with Gasteiger partial charge >= 0.3 is 0 Å². The highest BCUT2D eigenvalue weighted by molar-refractivity contribution is 9.11. The van der Waals surface area contributed by atoms with Gasteiger partial charge in [0.25, 0.3) is 0 Å². The molecule has 3 N–H and O–H groups in total. The lowest BCUT2D eigenvalue weighted by molar-refractivity contribution is 0.137. The van der Waals surface area contributed by atoms with Gasteiger partial charge in [0.1, 0.15) is 10.7 Å². The summed E-state index contributed by atoms with van der Waals surface area (Å²) in [6.45, 7) is 4.06. The van der Waals surface area contributed by atoms with Crippen LogP contribution in [-0.2, 0) is 0 Å². The van der Waals surface area contributed by atoms with E-state index in [4.69, 9.17) is 9.84 Å². The van der Waals surface area contributed by atoms with Gasteiger partial charge in [0, 0.05) is 27.4 Å². The number of nitrogens with zero attached hydrogens (tertiary/aromatic N) is 2. The van der Waals surface area contributed by atoms with Crippen molar-refractivity contribution in [3.05, 3.63) is 50.2 Å². The fourth-order valence-electron chi connectivity index (χ4n) is 2.68. The maximum Gasteiger partial charge on any atom is 0.213 e. The van der Waals surface area contributed by atoms with Gasteiger partial charge in [-0.2, -0.15) is 0 Å². The monoisotopic (exact) mass is 592 g/mol. The number of halogens is 3. The molecule has 0 amide bonds. The van der Waals surface area contributed by atoms with Gasteiger partial charge in [-0.25, -0.2) is 9.97 Å². The van der Waals surface area contributed by atoms with Crippen LogP contribution < -0.4 is 15.4 Å². The summed E-state index contributed by atoms with van der Waals surface area (Å²) in [5.74, 6) is 0.722. The van der Waals surface area contributed by atoms with Crippen LogP contribution in [0.1, 0.15) is 25.7 Å². The second kappa shape index (κ2) is 14.4. The van der Waals surface area contributed by atoms with Gasteiger partial charge in [0.05, 0.1) is 6.10 Å². The van der Waals surface area contributed by atoms with Crippen molar-refractivity contribution >= 4 is 47.8 Å². The fraction of sp³-hybridized carbons (Fsp3) is 0.500. The highest BCUT2D eigenvalue weighted by atomic mass is 79.9. The van der Waals surface area contributed by atoms with E-state index in [9.17, 15) is 0 Å². The standard InChI is InChI=1S/C10H13BrN2O.C5H3Br2N.C5H11NO/c11-8-1-2-10(13-7-8)14-9-3-5-12-6-4-9;6-4-1-2-5(7)8-3-4;7-5-1-3-6-4-2-5/h1-2,7,9,12H,3-6H2;1-3H;5-7H,1-4H2. The predicted molar refractivity (Wildman–Crippen MR) is 126 cm³/mol. The molecule has 0 spiro atoms. The third-order valence-electron chi connectivity index (χ3n) is 4.27. The van der Waals surface area contributed by atoms with Crippen LogP contribution in [0.15, 0.2) is 50.2 Å². The number of nitrogens with one attached hydrogen (secondary N) is 2. The summed E-state index contributed by atoms with van der Waals surface area (Å²) >= 11 is 9.82. The number of ether oxygens (including phenoxy) is 1. The van der Waals surface area contributed by atoms with E-state index in [0.29, 0.717) is 6.10 Å².